The normalized spacial score (nSPS) is 10.6. The third kappa shape index (κ3) is 5.52. The average Bonchev–Trinajstić information content (AvgIpc) is 2.75. The van der Waals surface area contributed by atoms with Crippen LogP contribution in [0.15, 0.2) is 82.4 Å². The summed E-state index contributed by atoms with van der Waals surface area (Å²) in [6.45, 7) is 0. The van der Waals surface area contributed by atoms with E-state index >= 15 is 0 Å². The molecule has 0 unspecified atom stereocenters. The van der Waals surface area contributed by atoms with Gasteiger partial charge in [0.1, 0.15) is 11.5 Å². The SMILES string of the molecule is COc1cccc(C(=O)N/N=C\c2ccc(OC(=O)c3ccccc3Br)cc2)c1. The van der Waals surface area contributed by atoms with E-state index < -0.39 is 5.97 Å². The zero-order valence-electron chi connectivity index (χ0n) is 15.5. The number of esters is 1. The molecule has 0 aliphatic heterocycles. The molecule has 0 saturated heterocycles. The van der Waals surface area contributed by atoms with Crippen LogP contribution in [0.4, 0.5) is 0 Å². The lowest BCUT2D eigenvalue weighted by Crippen LogP contribution is -2.17. The van der Waals surface area contributed by atoms with Gasteiger partial charge >= 0.3 is 5.97 Å². The van der Waals surface area contributed by atoms with Crippen molar-refractivity contribution in [3.8, 4) is 11.5 Å². The molecule has 0 radical (unpaired) electrons. The van der Waals surface area contributed by atoms with Crippen LogP contribution in [0.1, 0.15) is 26.3 Å². The van der Waals surface area contributed by atoms with Crippen LogP contribution in [0.25, 0.3) is 0 Å². The number of rotatable bonds is 6. The minimum Gasteiger partial charge on any atom is -0.497 e. The second-order valence-electron chi connectivity index (χ2n) is 5.87. The quantitative estimate of drug-likeness (QED) is 0.259. The van der Waals surface area contributed by atoms with Crippen molar-refractivity contribution in [2.45, 2.75) is 0 Å². The fourth-order valence-corrected chi connectivity index (χ4v) is 2.85. The fourth-order valence-electron chi connectivity index (χ4n) is 2.40. The number of carbonyl (C=O) groups excluding carboxylic acids is 2. The van der Waals surface area contributed by atoms with Gasteiger partial charge in [-0.1, -0.05) is 18.2 Å². The molecule has 3 rings (SSSR count). The molecule has 0 aromatic heterocycles. The van der Waals surface area contributed by atoms with Crippen molar-refractivity contribution in [1.29, 1.82) is 0 Å². The van der Waals surface area contributed by atoms with E-state index in [-0.39, 0.29) is 5.91 Å². The molecule has 1 amide bonds. The largest absolute Gasteiger partial charge is 0.497 e. The Morgan fingerprint density at radius 2 is 1.72 bits per heavy atom. The molecule has 0 fully saturated rings. The summed E-state index contributed by atoms with van der Waals surface area (Å²) in [4.78, 5) is 24.3. The molecule has 0 saturated carbocycles. The van der Waals surface area contributed by atoms with Crippen LogP contribution in [0, 0.1) is 0 Å². The highest BCUT2D eigenvalue weighted by Crippen LogP contribution is 2.19. The highest BCUT2D eigenvalue weighted by Gasteiger charge is 2.11. The molecule has 6 nitrogen and oxygen atoms in total. The van der Waals surface area contributed by atoms with Crippen molar-refractivity contribution in [3.05, 3.63) is 94.0 Å². The molecule has 0 bridgehead atoms. The van der Waals surface area contributed by atoms with E-state index in [0.29, 0.717) is 27.1 Å². The first-order valence-electron chi connectivity index (χ1n) is 8.61. The molecule has 7 heteroatoms. The number of halogens is 1. The van der Waals surface area contributed by atoms with Crippen LogP contribution >= 0.6 is 15.9 Å². The molecule has 1 N–H and O–H groups in total. The first-order valence-corrected chi connectivity index (χ1v) is 9.40. The Balaban J connectivity index is 1.58. The Labute approximate surface area is 176 Å². The second kappa shape index (κ2) is 9.66. The Bertz CT molecular complexity index is 1050. The highest BCUT2D eigenvalue weighted by molar-refractivity contribution is 9.10. The lowest BCUT2D eigenvalue weighted by atomic mass is 10.2. The average molecular weight is 453 g/mol. The smallest absolute Gasteiger partial charge is 0.344 e. The Morgan fingerprint density at radius 3 is 2.45 bits per heavy atom. The topological polar surface area (TPSA) is 77.0 Å². The summed E-state index contributed by atoms with van der Waals surface area (Å²) >= 11 is 3.33. The maximum absolute atomic E-state index is 12.2. The molecule has 0 spiro atoms. The summed E-state index contributed by atoms with van der Waals surface area (Å²) in [6, 6.07) is 20.6. The van der Waals surface area contributed by atoms with Gasteiger partial charge in [-0.15, -0.1) is 0 Å². The maximum Gasteiger partial charge on any atom is 0.344 e. The van der Waals surface area contributed by atoms with Gasteiger partial charge in [-0.25, -0.2) is 10.2 Å². The number of methoxy groups -OCH3 is 1. The Morgan fingerprint density at radius 1 is 0.966 bits per heavy atom. The molecular formula is C22H17BrN2O4. The van der Waals surface area contributed by atoms with Crippen LogP contribution < -0.4 is 14.9 Å². The summed E-state index contributed by atoms with van der Waals surface area (Å²) in [5, 5.41) is 3.94. The van der Waals surface area contributed by atoms with Crippen LogP contribution in [0.3, 0.4) is 0 Å². The van der Waals surface area contributed by atoms with E-state index in [2.05, 4.69) is 26.5 Å². The van der Waals surface area contributed by atoms with E-state index in [1.165, 1.54) is 13.3 Å². The number of hydrazone groups is 1. The van der Waals surface area contributed by atoms with Gasteiger partial charge in [0.2, 0.25) is 0 Å². The zero-order chi connectivity index (χ0) is 20.6. The van der Waals surface area contributed by atoms with Crippen LogP contribution in [-0.2, 0) is 0 Å². The third-order valence-corrected chi connectivity index (χ3v) is 4.59. The van der Waals surface area contributed by atoms with Crippen molar-refractivity contribution in [1.82, 2.24) is 5.43 Å². The van der Waals surface area contributed by atoms with Gasteiger partial charge in [0.05, 0.1) is 18.9 Å². The molecule has 0 aliphatic carbocycles. The summed E-state index contributed by atoms with van der Waals surface area (Å²) < 4.78 is 11.1. The zero-order valence-corrected chi connectivity index (χ0v) is 17.0. The fraction of sp³-hybridized carbons (Fsp3) is 0.0455. The van der Waals surface area contributed by atoms with Crippen molar-refractivity contribution in [3.63, 3.8) is 0 Å². The Kier molecular flexibility index (Phi) is 6.76. The summed E-state index contributed by atoms with van der Waals surface area (Å²) in [5.74, 6) is 0.196. The number of amides is 1. The molecule has 0 aliphatic rings. The highest BCUT2D eigenvalue weighted by atomic mass is 79.9. The number of benzene rings is 3. The third-order valence-electron chi connectivity index (χ3n) is 3.90. The van der Waals surface area contributed by atoms with Gasteiger partial charge in [0.25, 0.3) is 5.91 Å². The minimum absolute atomic E-state index is 0.348. The first kappa shape index (κ1) is 20.3. The Hall–Kier alpha value is -3.45. The predicted octanol–water partition coefficient (Wildman–Crippen LogP) is 4.44. The number of nitrogens with zero attached hydrogens (tertiary/aromatic N) is 1. The predicted molar refractivity (Wildman–Crippen MR) is 114 cm³/mol. The molecule has 0 heterocycles. The van der Waals surface area contributed by atoms with E-state index in [1.807, 2.05) is 6.07 Å². The second-order valence-corrected chi connectivity index (χ2v) is 6.72. The van der Waals surface area contributed by atoms with Gasteiger partial charge in [-0.2, -0.15) is 5.10 Å². The number of hydrogen-bond donors (Lipinski definition) is 1. The monoisotopic (exact) mass is 452 g/mol. The van der Waals surface area contributed by atoms with Gasteiger partial charge < -0.3 is 9.47 Å². The number of hydrogen-bond acceptors (Lipinski definition) is 5. The minimum atomic E-state index is -0.454. The van der Waals surface area contributed by atoms with Crippen molar-refractivity contribution >= 4 is 34.0 Å². The molecular weight excluding hydrogens is 436 g/mol. The van der Waals surface area contributed by atoms with E-state index in [1.54, 1.807) is 66.7 Å². The van der Waals surface area contributed by atoms with Crippen LogP contribution in [-0.4, -0.2) is 25.2 Å². The van der Waals surface area contributed by atoms with Crippen LogP contribution in [0.2, 0.25) is 0 Å². The lowest BCUT2D eigenvalue weighted by Gasteiger charge is -2.06. The van der Waals surface area contributed by atoms with E-state index in [9.17, 15) is 9.59 Å². The number of nitrogens with one attached hydrogen (secondary N) is 1. The summed E-state index contributed by atoms with van der Waals surface area (Å²) in [6.07, 6.45) is 1.50. The lowest BCUT2D eigenvalue weighted by molar-refractivity contribution is 0.0733. The molecule has 29 heavy (non-hydrogen) atoms. The van der Waals surface area contributed by atoms with Crippen molar-refractivity contribution < 1.29 is 19.1 Å². The van der Waals surface area contributed by atoms with Gasteiger partial charge in [-0.05, 0) is 76.1 Å². The van der Waals surface area contributed by atoms with Crippen molar-refractivity contribution in [2.24, 2.45) is 5.10 Å². The standard InChI is InChI=1S/C22H17BrN2O4/c1-28-18-6-4-5-16(13-18)21(26)25-24-14-15-9-11-17(12-10-15)29-22(27)19-7-2-3-8-20(19)23/h2-14H,1H3,(H,25,26)/b24-14-. The van der Waals surface area contributed by atoms with E-state index in [4.69, 9.17) is 9.47 Å². The number of ether oxygens (including phenoxy) is 2. The molecule has 146 valence electrons. The van der Waals surface area contributed by atoms with Crippen LogP contribution in [0.5, 0.6) is 11.5 Å². The summed E-state index contributed by atoms with van der Waals surface area (Å²) in [7, 11) is 1.54. The van der Waals surface area contributed by atoms with E-state index in [0.717, 1.165) is 5.56 Å². The molecule has 0 atom stereocenters. The first-order chi connectivity index (χ1) is 14.1. The molecule has 3 aromatic carbocycles. The van der Waals surface area contributed by atoms with Gasteiger partial charge in [0, 0.05) is 10.0 Å². The molecule has 3 aromatic rings. The van der Waals surface area contributed by atoms with Crippen molar-refractivity contribution in [2.75, 3.05) is 7.11 Å². The van der Waals surface area contributed by atoms with Gasteiger partial charge in [-0.3, -0.25) is 4.79 Å². The summed E-state index contributed by atoms with van der Waals surface area (Å²) in [5.41, 5.74) is 4.07. The van der Waals surface area contributed by atoms with Gasteiger partial charge in [0.15, 0.2) is 0 Å². The number of carbonyl (C=O) groups is 2. The maximum atomic E-state index is 12.2.